The summed E-state index contributed by atoms with van der Waals surface area (Å²) in [6, 6.07) is 5.38. The molecule has 8 nitrogen and oxygen atoms in total. The van der Waals surface area contributed by atoms with Crippen LogP contribution in [0.4, 0.5) is 5.82 Å². The molecule has 0 unspecified atom stereocenters. The summed E-state index contributed by atoms with van der Waals surface area (Å²) in [5.41, 5.74) is 1.75. The van der Waals surface area contributed by atoms with Gasteiger partial charge in [-0.25, -0.2) is 9.78 Å². The van der Waals surface area contributed by atoms with E-state index in [2.05, 4.69) is 15.3 Å². The summed E-state index contributed by atoms with van der Waals surface area (Å²) in [7, 11) is 0. The summed E-state index contributed by atoms with van der Waals surface area (Å²) in [5, 5.41) is 3.59. The Morgan fingerprint density at radius 2 is 2.14 bits per heavy atom. The van der Waals surface area contributed by atoms with Crippen molar-refractivity contribution in [2.75, 3.05) is 25.0 Å². The van der Waals surface area contributed by atoms with Gasteiger partial charge in [0.25, 0.3) is 5.56 Å². The quantitative estimate of drug-likeness (QED) is 0.458. The maximum Gasteiger partial charge on any atom is 0.336 e. The number of carbonyl (C=O) groups excluding carboxylic acids is 1. The van der Waals surface area contributed by atoms with Crippen molar-refractivity contribution in [1.29, 1.82) is 0 Å². The van der Waals surface area contributed by atoms with E-state index < -0.39 is 11.9 Å². The van der Waals surface area contributed by atoms with Gasteiger partial charge in [0, 0.05) is 5.70 Å². The number of nitrogens with zero attached hydrogens (tertiary/aromatic N) is 1. The third kappa shape index (κ3) is 3.01. The number of anilines is 1. The molecular formula is C19H19N3O5S. The molecular weight excluding hydrogens is 382 g/mol. The summed E-state index contributed by atoms with van der Waals surface area (Å²) in [5.74, 6) is 0.511. The van der Waals surface area contributed by atoms with Gasteiger partial charge in [0.1, 0.15) is 5.82 Å². The van der Waals surface area contributed by atoms with Crippen molar-refractivity contribution in [3.8, 4) is 11.5 Å². The number of carbonyl (C=O) groups is 1. The third-order valence-corrected chi connectivity index (χ3v) is 5.22. The number of hydrogen-bond acceptors (Lipinski definition) is 8. The van der Waals surface area contributed by atoms with Crippen LogP contribution >= 0.6 is 11.8 Å². The molecule has 0 amide bonds. The van der Waals surface area contributed by atoms with Crippen LogP contribution in [-0.2, 0) is 9.53 Å². The van der Waals surface area contributed by atoms with Gasteiger partial charge in [-0.05, 0) is 37.8 Å². The molecule has 28 heavy (non-hydrogen) atoms. The average Bonchev–Trinajstić information content (AvgIpc) is 3.14. The van der Waals surface area contributed by atoms with E-state index in [0.717, 1.165) is 5.56 Å². The lowest BCUT2D eigenvalue weighted by Gasteiger charge is -2.28. The highest BCUT2D eigenvalue weighted by Crippen LogP contribution is 2.43. The van der Waals surface area contributed by atoms with E-state index >= 15 is 0 Å². The first-order chi connectivity index (χ1) is 13.5. The Kier molecular flexibility index (Phi) is 4.76. The Morgan fingerprint density at radius 1 is 1.36 bits per heavy atom. The lowest BCUT2D eigenvalue weighted by Crippen LogP contribution is -2.31. The highest BCUT2D eigenvalue weighted by atomic mass is 32.2. The van der Waals surface area contributed by atoms with Crippen LogP contribution in [0.25, 0.3) is 0 Å². The number of rotatable bonds is 4. The van der Waals surface area contributed by atoms with Gasteiger partial charge in [0.15, 0.2) is 16.7 Å². The molecule has 2 aromatic rings. The van der Waals surface area contributed by atoms with Crippen molar-refractivity contribution in [3.05, 3.63) is 50.9 Å². The summed E-state index contributed by atoms with van der Waals surface area (Å²) in [6.07, 6.45) is 1.83. The molecule has 1 aromatic heterocycles. The second-order valence-corrected chi connectivity index (χ2v) is 7.06. The van der Waals surface area contributed by atoms with E-state index in [1.165, 1.54) is 11.8 Å². The molecule has 4 rings (SSSR count). The van der Waals surface area contributed by atoms with Crippen LogP contribution in [0.3, 0.4) is 0 Å². The Hall–Kier alpha value is -2.94. The van der Waals surface area contributed by atoms with Gasteiger partial charge < -0.3 is 24.5 Å². The lowest BCUT2D eigenvalue weighted by molar-refractivity contribution is -0.138. The molecule has 2 aliphatic heterocycles. The first-order valence-electron chi connectivity index (χ1n) is 8.76. The molecule has 0 bridgehead atoms. The SMILES string of the molecule is CCOC(=O)C1=C(C)Nc2nc(SC)[nH]c(=O)c2[C@H]1c1ccc2c(c1)OCO2. The lowest BCUT2D eigenvalue weighted by atomic mass is 9.82. The molecule has 0 radical (unpaired) electrons. The second-order valence-electron chi connectivity index (χ2n) is 6.27. The van der Waals surface area contributed by atoms with Crippen molar-refractivity contribution < 1.29 is 19.0 Å². The molecule has 2 N–H and O–H groups in total. The van der Waals surface area contributed by atoms with E-state index in [4.69, 9.17) is 14.2 Å². The first-order valence-corrected chi connectivity index (χ1v) is 9.98. The average molecular weight is 401 g/mol. The van der Waals surface area contributed by atoms with E-state index in [-0.39, 0.29) is 19.0 Å². The zero-order chi connectivity index (χ0) is 19.8. The van der Waals surface area contributed by atoms with Crippen LogP contribution in [0.5, 0.6) is 11.5 Å². The van der Waals surface area contributed by atoms with Crippen LogP contribution < -0.4 is 20.3 Å². The number of H-pyrrole nitrogens is 1. The largest absolute Gasteiger partial charge is 0.463 e. The number of allylic oxidation sites excluding steroid dienone is 1. The Morgan fingerprint density at radius 3 is 2.89 bits per heavy atom. The van der Waals surface area contributed by atoms with Gasteiger partial charge in [0.2, 0.25) is 6.79 Å². The van der Waals surface area contributed by atoms with Crippen molar-refractivity contribution >= 4 is 23.5 Å². The summed E-state index contributed by atoms with van der Waals surface area (Å²) < 4.78 is 16.1. The van der Waals surface area contributed by atoms with Crippen LogP contribution in [0.1, 0.15) is 30.9 Å². The van der Waals surface area contributed by atoms with E-state index in [9.17, 15) is 9.59 Å². The zero-order valence-electron chi connectivity index (χ0n) is 15.6. The molecule has 1 aromatic carbocycles. The standard InChI is InChI=1S/C19H19N3O5S/c1-4-25-18(24)13-9(2)20-16-15(17(23)22-19(21-16)28-3)14(13)10-5-6-11-12(7-10)27-8-26-11/h5-7,14H,4,8H2,1-3H3,(H2,20,21,22,23)/t14-/m0/s1. The van der Waals surface area contributed by atoms with Crippen LogP contribution in [0, 0.1) is 0 Å². The van der Waals surface area contributed by atoms with Gasteiger partial charge in [-0.2, -0.15) is 0 Å². The van der Waals surface area contributed by atoms with Crippen molar-refractivity contribution in [2.45, 2.75) is 24.9 Å². The molecule has 3 heterocycles. The highest BCUT2D eigenvalue weighted by Gasteiger charge is 2.37. The van der Waals surface area contributed by atoms with Crippen LogP contribution in [0.15, 0.2) is 39.4 Å². The van der Waals surface area contributed by atoms with E-state index in [1.54, 1.807) is 26.0 Å². The fourth-order valence-corrected chi connectivity index (χ4v) is 3.81. The number of esters is 1. The Bertz CT molecular complexity index is 1050. The number of benzene rings is 1. The molecule has 0 saturated heterocycles. The Labute approximate surface area is 165 Å². The van der Waals surface area contributed by atoms with Crippen molar-refractivity contribution in [1.82, 2.24) is 9.97 Å². The molecule has 0 saturated carbocycles. The van der Waals surface area contributed by atoms with Crippen LogP contribution in [-0.4, -0.2) is 35.6 Å². The number of ether oxygens (including phenoxy) is 3. The zero-order valence-corrected chi connectivity index (χ0v) is 16.4. The first kappa shape index (κ1) is 18.4. The molecule has 0 aliphatic carbocycles. The molecule has 2 aliphatic rings. The van der Waals surface area contributed by atoms with Crippen molar-refractivity contribution in [3.63, 3.8) is 0 Å². The third-order valence-electron chi connectivity index (χ3n) is 4.64. The van der Waals surface area contributed by atoms with Crippen LogP contribution in [0.2, 0.25) is 0 Å². The van der Waals surface area contributed by atoms with Crippen molar-refractivity contribution in [2.24, 2.45) is 0 Å². The molecule has 0 fully saturated rings. The summed E-state index contributed by atoms with van der Waals surface area (Å²) >= 11 is 1.33. The predicted octanol–water partition coefficient (Wildman–Crippen LogP) is 2.62. The topological polar surface area (TPSA) is 103 Å². The second kappa shape index (κ2) is 7.23. The van der Waals surface area contributed by atoms with E-state index in [1.807, 2.05) is 12.3 Å². The number of aromatic nitrogens is 2. The summed E-state index contributed by atoms with van der Waals surface area (Å²) in [4.78, 5) is 32.9. The van der Waals surface area contributed by atoms with Gasteiger partial charge in [-0.15, -0.1) is 0 Å². The predicted molar refractivity (Wildman–Crippen MR) is 104 cm³/mol. The maximum absolute atomic E-state index is 12.9. The minimum absolute atomic E-state index is 0.139. The Balaban J connectivity index is 1.93. The minimum atomic E-state index is -0.642. The monoisotopic (exact) mass is 401 g/mol. The maximum atomic E-state index is 12.9. The normalized spacial score (nSPS) is 17.2. The smallest absolute Gasteiger partial charge is 0.336 e. The highest BCUT2D eigenvalue weighted by molar-refractivity contribution is 7.98. The summed E-state index contributed by atoms with van der Waals surface area (Å²) in [6.45, 7) is 3.89. The molecule has 1 atom stereocenters. The van der Waals surface area contributed by atoms with Gasteiger partial charge in [-0.1, -0.05) is 17.8 Å². The van der Waals surface area contributed by atoms with Gasteiger partial charge >= 0.3 is 5.97 Å². The number of nitrogens with one attached hydrogen (secondary N) is 2. The van der Waals surface area contributed by atoms with Gasteiger partial charge in [0.05, 0.1) is 23.7 Å². The fraction of sp³-hybridized carbons (Fsp3) is 0.316. The molecule has 9 heteroatoms. The fourth-order valence-electron chi connectivity index (χ4n) is 3.43. The number of thioether (sulfide) groups is 1. The molecule has 0 spiro atoms. The number of aromatic amines is 1. The van der Waals surface area contributed by atoms with Gasteiger partial charge in [-0.3, -0.25) is 4.79 Å². The number of hydrogen-bond donors (Lipinski definition) is 2. The van der Waals surface area contributed by atoms with E-state index in [0.29, 0.717) is 39.3 Å². The number of fused-ring (bicyclic) bond motifs is 2. The molecule has 146 valence electrons. The minimum Gasteiger partial charge on any atom is -0.463 e.